The van der Waals surface area contributed by atoms with E-state index in [1.807, 2.05) is 0 Å². The first-order chi connectivity index (χ1) is 12.7. The summed E-state index contributed by atoms with van der Waals surface area (Å²) in [5.41, 5.74) is 0.235. The van der Waals surface area contributed by atoms with E-state index in [9.17, 15) is 18.0 Å². The van der Waals surface area contributed by atoms with Crippen LogP contribution in [0.5, 0.6) is 0 Å². The number of rotatable bonds is 4. The van der Waals surface area contributed by atoms with Gasteiger partial charge in [-0.1, -0.05) is 0 Å². The second-order valence-corrected chi connectivity index (χ2v) is 8.50. The SMILES string of the molecule is CC1(C)OC(=O)C(=CNc2ccc(S(=O)(=O)N3CCNCC3)cc2)C(=O)O1. The quantitative estimate of drug-likeness (QED) is 0.428. The van der Waals surface area contributed by atoms with E-state index in [-0.39, 0.29) is 10.5 Å². The van der Waals surface area contributed by atoms with Gasteiger partial charge in [-0.05, 0) is 24.3 Å². The largest absolute Gasteiger partial charge is 0.419 e. The van der Waals surface area contributed by atoms with Gasteiger partial charge < -0.3 is 20.1 Å². The Morgan fingerprint density at radius 2 is 1.63 bits per heavy atom. The van der Waals surface area contributed by atoms with Crippen molar-refractivity contribution in [3.05, 3.63) is 36.0 Å². The van der Waals surface area contributed by atoms with Crippen LogP contribution in [0.25, 0.3) is 0 Å². The standard InChI is InChI=1S/C17H21N3O6S/c1-17(2)25-15(21)14(16(22)26-17)11-19-12-3-5-13(6-4-12)27(23,24)20-9-7-18-8-10-20/h3-6,11,18-19H,7-10H2,1-2H3. The number of nitrogens with one attached hydrogen (secondary N) is 2. The lowest BCUT2D eigenvalue weighted by atomic mass is 10.2. The molecule has 27 heavy (non-hydrogen) atoms. The van der Waals surface area contributed by atoms with E-state index in [2.05, 4.69) is 10.6 Å². The monoisotopic (exact) mass is 395 g/mol. The smallest absolute Gasteiger partial charge is 0.350 e. The highest BCUT2D eigenvalue weighted by atomic mass is 32.2. The van der Waals surface area contributed by atoms with Crippen molar-refractivity contribution in [1.82, 2.24) is 9.62 Å². The molecule has 2 N–H and O–H groups in total. The van der Waals surface area contributed by atoms with E-state index in [0.717, 1.165) is 0 Å². The van der Waals surface area contributed by atoms with Gasteiger partial charge >= 0.3 is 11.9 Å². The fourth-order valence-corrected chi connectivity index (χ4v) is 4.13. The topological polar surface area (TPSA) is 114 Å². The number of piperazine rings is 1. The van der Waals surface area contributed by atoms with E-state index in [1.54, 1.807) is 12.1 Å². The van der Waals surface area contributed by atoms with Crippen molar-refractivity contribution in [1.29, 1.82) is 0 Å². The zero-order chi connectivity index (χ0) is 19.7. The summed E-state index contributed by atoms with van der Waals surface area (Å²) in [6.45, 7) is 5.02. The number of esters is 2. The van der Waals surface area contributed by atoms with E-state index >= 15 is 0 Å². The van der Waals surface area contributed by atoms with Gasteiger partial charge in [-0.3, -0.25) is 0 Å². The highest BCUT2D eigenvalue weighted by Crippen LogP contribution is 2.23. The predicted octanol–water partition coefficient (Wildman–Crippen LogP) is 0.412. The lowest BCUT2D eigenvalue weighted by Gasteiger charge is -2.29. The van der Waals surface area contributed by atoms with Gasteiger partial charge in [0.15, 0.2) is 5.57 Å². The molecule has 0 amide bonds. The highest BCUT2D eigenvalue weighted by Gasteiger charge is 2.39. The molecule has 2 fully saturated rings. The molecule has 9 nitrogen and oxygen atoms in total. The summed E-state index contributed by atoms with van der Waals surface area (Å²) >= 11 is 0. The van der Waals surface area contributed by atoms with Crippen molar-refractivity contribution in [2.75, 3.05) is 31.5 Å². The Morgan fingerprint density at radius 3 is 2.19 bits per heavy atom. The van der Waals surface area contributed by atoms with E-state index in [4.69, 9.17) is 9.47 Å². The zero-order valence-corrected chi connectivity index (χ0v) is 15.8. The summed E-state index contributed by atoms with van der Waals surface area (Å²) in [4.78, 5) is 23.9. The molecule has 0 radical (unpaired) electrons. The number of ether oxygens (including phenoxy) is 2. The molecule has 2 saturated heterocycles. The first-order valence-electron chi connectivity index (χ1n) is 8.43. The number of sulfonamides is 1. The Bertz CT molecular complexity index is 848. The van der Waals surface area contributed by atoms with Crippen LogP contribution in [0.15, 0.2) is 40.9 Å². The molecule has 0 bridgehead atoms. The summed E-state index contributed by atoms with van der Waals surface area (Å²) in [5, 5.41) is 5.89. The van der Waals surface area contributed by atoms with Crippen LogP contribution in [0.2, 0.25) is 0 Å². The second-order valence-electron chi connectivity index (χ2n) is 6.56. The maximum atomic E-state index is 12.6. The van der Waals surface area contributed by atoms with Crippen LogP contribution in [-0.2, 0) is 29.1 Å². The van der Waals surface area contributed by atoms with Crippen molar-refractivity contribution in [2.45, 2.75) is 24.5 Å². The number of cyclic esters (lactones) is 2. The lowest BCUT2D eigenvalue weighted by molar-refractivity contribution is -0.222. The maximum Gasteiger partial charge on any atom is 0.350 e. The minimum absolute atomic E-state index is 0.181. The molecular formula is C17H21N3O6S. The molecule has 3 rings (SSSR count). The van der Waals surface area contributed by atoms with Crippen LogP contribution in [0, 0.1) is 0 Å². The van der Waals surface area contributed by atoms with Gasteiger partial charge in [0.05, 0.1) is 4.90 Å². The zero-order valence-electron chi connectivity index (χ0n) is 15.0. The normalized spacial score (nSPS) is 20.6. The van der Waals surface area contributed by atoms with Crippen molar-refractivity contribution >= 4 is 27.6 Å². The summed E-state index contributed by atoms with van der Waals surface area (Å²) in [7, 11) is -3.54. The third-order valence-electron chi connectivity index (χ3n) is 4.07. The predicted molar refractivity (Wildman–Crippen MR) is 96.0 cm³/mol. The van der Waals surface area contributed by atoms with Crippen molar-refractivity contribution in [2.24, 2.45) is 0 Å². The Labute approximate surface area is 157 Å². The Balaban J connectivity index is 1.71. The second kappa shape index (κ2) is 7.29. The van der Waals surface area contributed by atoms with E-state index in [0.29, 0.717) is 31.9 Å². The molecule has 0 saturated carbocycles. The molecule has 0 atom stereocenters. The average molecular weight is 395 g/mol. The number of anilines is 1. The summed E-state index contributed by atoms with van der Waals surface area (Å²) in [5.74, 6) is -2.88. The van der Waals surface area contributed by atoms with Gasteiger partial charge in [0.2, 0.25) is 10.0 Å². The third-order valence-corrected chi connectivity index (χ3v) is 5.98. The summed E-state index contributed by atoms with van der Waals surface area (Å²) in [6.07, 6.45) is 1.18. The number of carbonyl (C=O) groups excluding carboxylic acids is 2. The molecular weight excluding hydrogens is 374 g/mol. The van der Waals surface area contributed by atoms with Gasteiger partial charge in [-0.2, -0.15) is 4.31 Å². The summed E-state index contributed by atoms with van der Waals surface area (Å²) < 4.78 is 36.6. The van der Waals surface area contributed by atoms with Gasteiger partial charge in [0, 0.05) is 51.9 Å². The molecule has 0 aliphatic carbocycles. The van der Waals surface area contributed by atoms with Crippen LogP contribution in [0.1, 0.15) is 13.8 Å². The van der Waals surface area contributed by atoms with Crippen LogP contribution in [0.3, 0.4) is 0 Å². The molecule has 1 aromatic rings. The Kier molecular flexibility index (Phi) is 5.22. The Morgan fingerprint density at radius 1 is 1.07 bits per heavy atom. The van der Waals surface area contributed by atoms with Crippen molar-refractivity contribution in [3.8, 4) is 0 Å². The van der Waals surface area contributed by atoms with Crippen LogP contribution in [-0.4, -0.2) is 56.6 Å². The molecule has 2 aliphatic heterocycles. The fourth-order valence-electron chi connectivity index (χ4n) is 2.69. The summed E-state index contributed by atoms with van der Waals surface area (Å²) in [6, 6.07) is 6.04. The number of hydrogen-bond donors (Lipinski definition) is 2. The molecule has 2 heterocycles. The minimum Gasteiger partial charge on any atom is -0.419 e. The lowest BCUT2D eigenvalue weighted by Crippen LogP contribution is -2.46. The van der Waals surface area contributed by atoms with Gasteiger partial charge in [-0.15, -0.1) is 0 Å². The fraction of sp³-hybridized carbons (Fsp3) is 0.412. The molecule has 0 unspecified atom stereocenters. The molecule has 10 heteroatoms. The highest BCUT2D eigenvalue weighted by molar-refractivity contribution is 7.89. The van der Waals surface area contributed by atoms with Crippen LogP contribution >= 0.6 is 0 Å². The number of benzene rings is 1. The molecule has 0 aromatic heterocycles. The number of hydrogen-bond acceptors (Lipinski definition) is 8. The minimum atomic E-state index is -3.54. The number of nitrogens with zero attached hydrogens (tertiary/aromatic N) is 1. The molecule has 0 spiro atoms. The first kappa shape index (κ1) is 19.3. The third kappa shape index (κ3) is 4.29. The average Bonchev–Trinajstić information content (AvgIpc) is 2.61. The molecule has 2 aliphatic rings. The van der Waals surface area contributed by atoms with Crippen molar-refractivity contribution in [3.63, 3.8) is 0 Å². The van der Waals surface area contributed by atoms with E-state index < -0.39 is 27.7 Å². The maximum absolute atomic E-state index is 12.6. The first-order valence-corrected chi connectivity index (χ1v) is 9.87. The van der Waals surface area contributed by atoms with Crippen LogP contribution < -0.4 is 10.6 Å². The van der Waals surface area contributed by atoms with Crippen LogP contribution in [0.4, 0.5) is 5.69 Å². The molecule has 1 aromatic carbocycles. The van der Waals surface area contributed by atoms with Gasteiger partial charge in [0.1, 0.15) is 0 Å². The van der Waals surface area contributed by atoms with E-state index in [1.165, 1.54) is 36.5 Å². The molecule has 146 valence electrons. The van der Waals surface area contributed by atoms with Crippen molar-refractivity contribution < 1.29 is 27.5 Å². The Hall–Kier alpha value is -2.43. The van der Waals surface area contributed by atoms with Gasteiger partial charge in [-0.25, -0.2) is 18.0 Å². The van der Waals surface area contributed by atoms with Gasteiger partial charge in [0.25, 0.3) is 5.79 Å². The number of carbonyl (C=O) groups is 2.